The van der Waals surface area contributed by atoms with Crippen molar-refractivity contribution in [1.29, 1.82) is 0 Å². The van der Waals surface area contributed by atoms with Gasteiger partial charge in [0.2, 0.25) is 5.78 Å². The van der Waals surface area contributed by atoms with Gasteiger partial charge in [-0.15, -0.1) is 0 Å². The van der Waals surface area contributed by atoms with Crippen LogP contribution in [-0.4, -0.2) is 20.7 Å². The predicted octanol–water partition coefficient (Wildman–Crippen LogP) is 0.618. The van der Waals surface area contributed by atoms with Crippen LogP contribution >= 0.6 is 0 Å². The molecule has 0 amide bonds. The van der Waals surface area contributed by atoms with E-state index in [9.17, 15) is 4.79 Å². The van der Waals surface area contributed by atoms with Gasteiger partial charge in [0.1, 0.15) is 5.82 Å². The van der Waals surface area contributed by atoms with E-state index in [4.69, 9.17) is 5.73 Å². The number of imidazole rings is 1. The summed E-state index contributed by atoms with van der Waals surface area (Å²) in [7, 11) is 0. The van der Waals surface area contributed by atoms with Crippen molar-refractivity contribution in [2.24, 2.45) is 0 Å². The van der Waals surface area contributed by atoms with Crippen LogP contribution in [0, 0.1) is 0 Å². The van der Waals surface area contributed by atoms with E-state index in [0.717, 1.165) is 0 Å². The van der Waals surface area contributed by atoms with E-state index < -0.39 is 0 Å². The van der Waals surface area contributed by atoms with Crippen LogP contribution in [0.25, 0.3) is 0 Å². The molecule has 0 atom stereocenters. The molecule has 14 heavy (non-hydrogen) atoms. The maximum atomic E-state index is 11.6. The Labute approximate surface area is 80.0 Å². The topological polar surface area (TPSA) is 84.7 Å². The fraction of sp³-hybridized carbons (Fsp3) is 0. The number of hydrogen-bond donors (Lipinski definition) is 2. The molecule has 5 heteroatoms. The van der Waals surface area contributed by atoms with Gasteiger partial charge in [-0.1, -0.05) is 0 Å². The maximum absolute atomic E-state index is 11.6. The minimum atomic E-state index is -0.192. The van der Waals surface area contributed by atoms with Crippen molar-refractivity contribution in [1.82, 2.24) is 15.0 Å². The molecule has 2 heterocycles. The fourth-order valence-corrected chi connectivity index (χ4v) is 1.07. The van der Waals surface area contributed by atoms with Gasteiger partial charge in [0.05, 0.1) is 0 Å². The molecular weight excluding hydrogens is 180 g/mol. The lowest BCUT2D eigenvalue weighted by Gasteiger charge is -1.96. The van der Waals surface area contributed by atoms with E-state index in [0.29, 0.717) is 17.2 Å². The van der Waals surface area contributed by atoms with Gasteiger partial charge in [-0.25, -0.2) is 9.97 Å². The molecule has 0 fully saturated rings. The Balaban J connectivity index is 2.33. The third-order valence-corrected chi connectivity index (χ3v) is 1.76. The van der Waals surface area contributed by atoms with Crippen LogP contribution in [0.2, 0.25) is 0 Å². The van der Waals surface area contributed by atoms with Crippen molar-refractivity contribution in [3.05, 3.63) is 42.1 Å². The highest BCUT2D eigenvalue weighted by atomic mass is 16.1. The van der Waals surface area contributed by atoms with Gasteiger partial charge < -0.3 is 10.7 Å². The molecule has 0 spiro atoms. The molecule has 0 aromatic carbocycles. The summed E-state index contributed by atoms with van der Waals surface area (Å²) in [5.41, 5.74) is 5.87. The quantitative estimate of drug-likeness (QED) is 0.676. The molecule has 3 N–H and O–H groups in total. The number of anilines is 1. The molecule has 0 saturated carbocycles. The highest BCUT2D eigenvalue weighted by Crippen LogP contribution is 2.05. The summed E-state index contributed by atoms with van der Waals surface area (Å²) in [6.45, 7) is 0. The average molecular weight is 188 g/mol. The van der Waals surface area contributed by atoms with Crippen LogP contribution in [0.15, 0.2) is 30.7 Å². The summed E-state index contributed by atoms with van der Waals surface area (Å²) in [4.78, 5) is 22.1. The van der Waals surface area contributed by atoms with Crippen LogP contribution in [0.3, 0.4) is 0 Å². The van der Waals surface area contributed by atoms with Gasteiger partial charge in [-0.05, 0) is 12.1 Å². The minimum Gasteiger partial charge on any atom is -0.384 e. The second-order valence-electron chi connectivity index (χ2n) is 2.74. The van der Waals surface area contributed by atoms with Gasteiger partial charge in [-0.2, -0.15) is 0 Å². The number of nitrogens with one attached hydrogen (secondary N) is 1. The smallest absolute Gasteiger partial charge is 0.229 e. The number of nitrogens with zero attached hydrogens (tertiary/aromatic N) is 2. The predicted molar refractivity (Wildman–Crippen MR) is 50.7 cm³/mol. The number of carbonyl (C=O) groups excluding carboxylic acids is 1. The first-order valence-electron chi connectivity index (χ1n) is 4.03. The Bertz CT molecular complexity index is 432. The van der Waals surface area contributed by atoms with E-state index in [-0.39, 0.29) is 5.78 Å². The number of ketones is 1. The van der Waals surface area contributed by atoms with Crippen molar-refractivity contribution >= 4 is 11.6 Å². The highest BCUT2D eigenvalue weighted by Gasteiger charge is 2.10. The van der Waals surface area contributed by atoms with Crippen molar-refractivity contribution < 1.29 is 4.79 Å². The lowest BCUT2D eigenvalue weighted by atomic mass is 10.2. The second-order valence-corrected chi connectivity index (χ2v) is 2.74. The van der Waals surface area contributed by atoms with Crippen LogP contribution in [0.4, 0.5) is 5.82 Å². The molecule has 5 nitrogen and oxygen atoms in total. The van der Waals surface area contributed by atoms with Crippen LogP contribution in [0.5, 0.6) is 0 Å². The zero-order valence-electron chi connectivity index (χ0n) is 7.27. The molecule has 2 aromatic rings. The Kier molecular flexibility index (Phi) is 1.98. The summed E-state index contributed by atoms with van der Waals surface area (Å²) >= 11 is 0. The molecule has 2 aromatic heterocycles. The van der Waals surface area contributed by atoms with E-state index in [1.165, 1.54) is 12.4 Å². The van der Waals surface area contributed by atoms with Crippen LogP contribution < -0.4 is 5.73 Å². The number of nitrogens with two attached hydrogens (primary N) is 1. The largest absolute Gasteiger partial charge is 0.384 e. The summed E-state index contributed by atoms with van der Waals surface area (Å²) in [5.74, 6) is 0.500. The Morgan fingerprint density at radius 2 is 2.21 bits per heavy atom. The number of rotatable bonds is 2. The summed E-state index contributed by atoms with van der Waals surface area (Å²) in [5, 5.41) is 0. The van der Waals surface area contributed by atoms with Crippen molar-refractivity contribution in [2.45, 2.75) is 0 Å². The number of carbonyl (C=O) groups is 1. The van der Waals surface area contributed by atoms with Crippen molar-refractivity contribution in [2.75, 3.05) is 5.73 Å². The standard InChI is InChI=1S/C9H8N4O/c10-7-2-1-6(5-13-7)8(14)9-11-3-4-12-9/h1-5H,(H2,10,13)(H,11,12). The minimum absolute atomic E-state index is 0.192. The first-order chi connectivity index (χ1) is 6.77. The summed E-state index contributed by atoms with van der Waals surface area (Å²) < 4.78 is 0. The molecule has 0 aliphatic heterocycles. The fourth-order valence-electron chi connectivity index (χ4n) is 1.07. The number of nitrogen functional groups attached to an aromatic ring is 1. The zero-order valence-corrected chi connectivity index (χ0v) is 7.27. The van der Waals surface area contributed by atoms with Crippen LogP contribution in [0.1, 0.15) is 16.2 Å². The van der Waals surface area contributed by atoms with E-state index in [1.807, 2.05) is 0 Å². The molecular formula is C9H8N4O. The van der Waals surface area contributed by atoms with Gasteiger partial charge in [0, 0.05) is 24.2 Å². The molecule has 2 rings (SSSR count). The zero-order chi connectivity index (χ0) is 9.97. The summed E-state index contributed by atoms with van der Waals surface area (Å²) in [6.07, 6.45) is 4.55. The summed E-state index contributed by atoms with van der Waals surface area (Å²) in [6, 6.07) is 3.20. The lowest BCUT2D eigenvalue weighted by Crippen LogP contribution is -2.04. The number of aromatic amines is 1. The third kappa shape index (κ3) is 1.47. The molecule has 0 saturated heterocycles. The van der Waals surface area contributed by atoms with Crippen molar-refractivity contribution in [3.8, 4) is 0 Å². The Morgan fingerprint density at radius 3 is 2.79 bits per heavy atom. The van der Waals surface area contributed by atoms with Crippen LogP contribution in [-0.2, 0) is 0 Å². The SMILES string of the molecule is Nc1ccc(C(=O)c2ncc[nH]2)cn1. The van der Waals surface area contributed by atoms with E-state index in [2.05, 4.69) is 15.0 Å². The molecule has 0 bridgehead atoms. The number of aromatic nitrogens is 3. The van der Waals surface area contributed by atoms with Crippen molar-refractivity contribution in [3.63, 3.8) is 0 Å². The monoisotopic (exact) mass is 188 g/mol. The van der Waals surface area contributed by atoms with Gasteiger partial charge in [-0.3, -0.25) is 4.79 Å². The van der Waals surface area contributed by atoms with E-state index in [1.54, 1.807) is 18.3 Å². The Morgan fingerprint density at radius 1 is 1.36 bits per heavy atom. The average Bonchev–Trinajstić information content (AvgIpc) is 2.71. The molecule has 70 valence electrons. The van der Waals surface area contributed by atoms with Gasteiger partial charge in [0.15, 0.2) is 5.82 Å². The molecule has 0 unspecified atom stereocenters. The normalized spacial score (nSPS) is 10.0. The Hall–Kier alpha value is -2.17. The second kappa shape index (κ2) is 3.29. The highest BCUT2D eigenvalue weighted by molar-refractivity contribution is 6.06. The molecule has 0 aliphatic rings. The first-order valence-corrected chi connectivity index (χ1v) is 4.03. The molecule has 0 radical (unpaired) electrons. The molecule has 0 aliphatic carbocycles. The number of pyridine rings is 1. The number of hydrogen-bond acceptors (Lipinski definition) is 4. The third-order valence-electron chi connectivity index (χ3n) is 1.76. The lowest BCUT2D eigenvalue weighted by molar-refractivity contribution is 0.103. The maximum Gasteiger partial charge on any atom is 0.229 e. The van der Waals surface area contributed by atoms with Gasteiger partial charge >= 0.3 is 0 Å². The van der Waals surface area contributed by atoms with E-state index >= 15 is 0 Å². The van der Waals surface area contributed by atoms with Gasteiger partial charge in [0.25, 0.3) is 0 Å². The number of H-pyrrole nitrogens is 1. The first kappa shape index (κ1) is 8.43.